The molecule has 1 saturated carbocycles. The van der Waals surface area contributed by atoms with E-state index in [-0.39, 0.29) is 22.9 Å². The first-order chi connectivity index (χ1) is 18.4. The highest BCUT2D eigenvalue weighted by Gasteiger charge is 2.44. The third-order valence-corrected chi connectivity index (χ3v) is 8.25. The van der Waals surface area contributed by atoms with Crippen LogP contribution in [0.1, 0.15) is 42.5 Å². The molecule has 0 bridgehead atoms. The maximum Gasteiger partial charge on any atom is 0.414 e. The van der Waals surface area contributed by atoms with Crippen LogP contribution in [-0.4, -0.2) is 73.9 Å². The predicted octanol–water partition coefficient (Wildman–Crippen LogP) is 3.14. The maximum atomic E-state index is 13.3. The highest BCUT2D eigenvalue weighted by Crippen LogP contribution is 2.54. The highest BCUT2D eigenvalue weighted by atomic mass is 32.2. The van der Waals surface area contributed by atoms with E-state index in [2.05, 4.69) is 15.0 Å². The third kappa shape index (κ3) is 7.73. The second-order valence-electron chi connectivity index (χ2n) is 9.87. The number of aliphatic hydroxyl groups is 2. The van der Waals surface area contributed by atoms with Crippen molar-refractivity contribution < 1.29 is 41.3 Å². The van der Waals surface area contributed by atoms with Gasteiger partial charge in [0, 0.05) is 25.6 Å². The van der Waals surface area contributed by atoms with Crippen LogP contribution in [0.2, 0.25) is 0 Å². The first kappa shape index (κ1) is 28.9. The molecular formula is C25H31F3N4O6S. The molecule has 1 aromatic heterocycles. The lowest BCUT2D eigenvalue weighted by atomic mass is 9.93. The molecule has 214 valence electrons. The number of benzene rings is 1. The molecule has 1 aliphatic heterocycles. The van der Waals surface area contributed by atoms with Gasteiger partial charge in [-0.25, -0.2) is 8.42 Å². The van der Waals surface area contributed by atoms with E-state index in [4.69, 9.17) is 14.9 Å². The van der Waals surface area contributed by atoms with Gasteiger partial charge < -0.3 is 25.2 Å². The standard InChI is InChI=1S/C25H31F3N4O6S/c26-25(27,28)20(34)6-14-38-22-3-1-2-21(29-22)30-23(35)18-5-4-17(31-39(36,37)15-13-33)16-19(18)32-11-9-24(7-8-24)10-12-32/h1-5,16,20,31,33-34H,6-15H2,(H,29,30,35). The van der Waals surface area contributed by atoms with Crippen LogP contribution in [0.3, 0.4) is 0 Å². The summed E-state index contributed by atoms with van der Waals surface area (Å²) in [7, 11) is -3.77. The molecule has 39 heavy (non-hydrogen) atoms. The van der Waals surface area contributed by atoms with E-state index < -0.39 is 53.6 Å². The van der Waals surface area contributed by atoms with Gasteiger partial charge in [0.1, 0.15) is 5.82 Å². The molecule has 1 saturated heterocycles. The first-order valence-corrected chi connectivity index (χ1v) is 14.2. The summed E-state index contributed by atoms with van der Waals surface area (Å²) in [5.41, 5.74) is 1.46. The van der Waals surface area contributed by atoms with Crippen molar-refractivity contribution in [1.29, 1.82) is 0 Å². The number of ether oxygens (including phenoxy) is 1. The fourth-order valence-electron chi connectivity index (χ4n) is 4.49. The molecule has 1 unspecified atom stereocenters. The Labute approximate surface area is 224 Å². The minimum absolute atomic E-state index is 0.0261. The van der Waals surface area contributed by atoms with Gasteiger partial charge in [-0.05, 0) is 55.4 Å². The third-order valence-electron chi connectivity index (χ3n) is 6.98. The molecule has 14 heteroatoms. The lowest BCUT2D eigenvalue weighted by molar-refractivity contribution is -0.206. The number of anilines is 3. The van der Waals surface area contributed by atoms with E-state index in [1.165, 1.54) is 43.2 Å². The topological polar surface area (TPSA) is 141 Å². The van der Waals surface area contributed by atoms with Crippen LogP contribution >= 0.6 is 0 Å². The molecule has 4 N–H and O–H groups in total. The molecule has 1 aliphatic carbocycles. The Bertz CT molecular complexity index is 1280. The number of sulfonamides is 1. The number of alkyl halides is 3. The second-order valence-corrected chi connectivity index (χ2v) is 11.7. The van der Waals surface area contributed by atoms with Crippen molar-refractivity contribution in [2.75, 3.05) is 47.0 Å². The van der Waals surface area contributed by atoms with E-state index >= 15 is 0 Å². The van der Waals surface area contributed by atoms with Crippen molar-refractivity contribution in [1.82, 2.24) is 4.98 Å². The Kier molecular flexibility index (Phi) is 8.57. The molecule has 1 aromatic carbocycles. The normalized spacial score (nSPS) is 17.5. The summed E-state index contributed by atoms with van der Waals surface area (Å²) in [5, 5.41) is 20.8. The van der Waals surface area contributed by atoms with Gasteiger partial charge >= 0.3 is 6.18 Å². The fraction of sp³-hybridized carbons (Fsp3) is 0.520. The number of aliphatic hydroxyl groups excluding tert-OH is 2. The Balaban J connectivity index is 1.49. The zero-order valence-corrected chi connectivity index (χ0v) is 21.9. The average Bonchev–Trinajstić information content (AvgIpc) is 3.62. The lowest BCUT2D eigenvalue weighted by Crippen LogP contribution is -2.35. The zero-order chi connectivity index (χ0) is 28.3. The number of aromatic nitrogens is 1. The molecule has 1 spiro atoms. The number of piperidine rings is 1. The monoisotopic (exact) mass is 572 g/mol. The van der Waals surface area contributed by atoms with Crippen LogP contribution in [-0.2, 0) is 10.0 Å². The van der Waals surface area contributed by atoms with Gasteiger partial charge in [-0.1, -0.05) is 6.07 Å². The number of carbonyl (C=O) groups is 1. The van der Waals surface area contributed by atoms with Crippen molar-refractivity contribution in [3.8, 4) is 5.88 Å². The first-order valence-electron chi connectivity index (χ1n) is 12.6. The van der Waals surface area contributed by atoms with Crippen molar-refractivity contribution in [3.63, 3.8) is 0 Å². The Hall–Kier alpha value is -3.10. The molecular weight excluding hydrogens is 541 g/mol. The minimum atomic E-state index is -4.74. The quantitative estimate of drug-likeness (QED) is 0.322. The van der Waals surface area contributed by atoms with Gasteiger partial charge in [0.25, 0.3) is 5.91 Å². The number of halogens is 3. The number of hydrogen-bond donors (Lipinski definition) is 4. The molecule has 2 fully saturated rings. The summed E-state index contributed by atoms with van der Waals surface area (Å²) >= 11 is 0. The molecule has 2 aliphatic rings. The maximum absolute atomic E-state index is 13.3. The lowest BCUT2D eigenvalue weighted by Gasteiger charge is -2.35. The van der Waals surface area contributed by atoms with Crippen molar-refractivity contribution >= 4 is 33.1 Å². The minimum Gasteiger partial charge on any atom is -0.478 e. The van der Waals surface area contributed by atoms with Gasteiger partial charge in [0.05, 0.1) is 35.9 Å². The van der Waals surface area contributed by atoms with Crippen LogP contribution in [0.5, 0.6) is 5.88 Å². The van der Waals surface area contributed by atoms with E-state index in [9.17, 15) is 26.4 Å². The summed E-state index contributed by atoms with van der Waals surface area (Å²) < 4.78 is 69.4. The van der Waals surface area contributed by atoms with Crippen molar-refractivity contribution in [2.45, 2.75) is 44.4 Å². The Morgan fingerprint density at radius 3 is 2.51 bits per heavy atom. The van der Waals surface area contributed by atoms with E-state index in [1.54, 1.807) is 6.07 Å². The summed E-state index contributed by atoms with van der Waals surface area (Å²) in [6, 6.07) is 8.96. The van der Waals surface area contributed by atoms with Crippen LogP contribution in [0, 0.1) is 5.41 Å². The van der Waals surface area contributed by atoms with Crippen LogP contribution in [0.25, 0.3) is 0 Å². The van der Waals surface area contributed by atoms with Gasteiger partial charge in [-0.15, -0.1) is 0 Å². The number of hydrogen-bond acceptors (Lipinski definition) is 8. The number of rotatable bonds is 11. The molecule has 1 amide bonds. The van der Waals surface area contributed by atoms with Gasteiger partial charge in [0.15, 0.2) is 6.10 Å². The number of nitrogens with zero attached hydrogens (tertiary/aromatic N) is 2. The van der Waals surface area contributed by atoms with Crippen molar-refractivity contribution in [3.05, 3.63) is 42.0 Å². The molecule has 4 rings (SSSR count). The molecule has 10 nitrogen and oxygen atoms in total. The molecule has 1 atom stereocenters. The van der Waals surface area contributed by atoms with E-state index in [0.29, 0.717) is 24.2 Å². The smallest absolute Gasteiger partial charge is 0.414 e. The van der Waals surface area contributed by atoms with Crippen LogP contribution < -0.4 is 19.7 Å². The van der Waals surface area contributed by atoms with Crippen molar-refractivity contribution in [2.24, 2.45) is 5.41 Å². The fourth-order valence-corrected chi connectivity index (χ4v) is 5.31. The number of nitrogens with one attached hydrogen (secondary N) is 2. The Morgan fingerprint density at radius 2 is 1.87 bits per heavy atom. The zero-order valence-electron chi connectivity index (χ0n) is 21.1. The summed E-state index contributed by atoms with van der Waals surface area (Å²) in [5.74, 6) is -0.903. The predicted molar refractivity (Wildman–Crippen MR) is 138 cm³/mol. The van der Waals surface area contributed by atoms with Crippen LogP contribution in [0.15, 0.2) is 36.4 Å². The average molecular weight is 573 g/mol. The van der Waals surface area contributed by atoms with Gasteiger partial charge in [-0.3, -0.25) is 9.52 Å². The molecule has 2 heterocycles. The Morgan fingerprint density at radius 1 is 1.15 bits per heavy atom. The molecule has 2 aromatic rings. The number of carbonyl (C=O) groups excluding carboxylic acids is 1. The number of pyridine rings is 1. The summed E-state index contributed by atoms with van der Waals surface area (Å²) in [4.78, 5) is 19.4. The van der Waals surface area contributed by atoms with Crippen LogP contribution in [0.4, 0.5) is 30.4 Å². The van der Waals surface area contributed by atoms with Gasteiger partial charge in [0.2, 0.25) is 15.9 Å². The van der Waals surface area contributed by atoms with E-state index in [1.807, 2.05) is 4.90 Å². The summed E-state index contributed by atoms with van der Waals surface area (Å²) in [6.07, 6.45) is -3.61. The highest BCUT2D eigenvalue weighted by molar-refractivity contribution is 7.92. The number of amides is 1. The van der Waals surface area contributed by atoms with E-state index in [0.717, 1.165) is 12.8 Å². The largest absolute Gasteiger partial charge is 0.478 e. The molecule has 0 radical (unpaired) electrons. The van der Waals surface area contributed by atoms with Gasteiger partial charge in [-0.2, -0.15) is 18.2 Å². The summed E-state index contributed by atoms with van der Waals surface area (Å²) in [6.45, 7) is 0.450. The second kappa shape index (κ2) is 11.6. The SMILES string of the molecule is O=C(Nc1cccc(OCCC(O)C(F)(F)F)n1)c1ccc(NS(=O)(=O)CCO)cc1N1CCC2(CC1)CC2.